The van der Waals surface area contributed by atoms with Crippen LogP contribution < -0.4 is 0 Å². The number of carboxylic acids is 1. The minimum atomic E-state index is -1.11. The number of phenols is 1. The molecule has 0 saturated heterocycles. The second-order valence-electron chi connectivity index (χ2n) is 1.82. The third-order valence-electron chi connectivity index (χ3n) is 1.13. The Bertz CT molecular complexity index is 261. The lowest BCUT2D eigenvalue weighted by atomic mass is 10.2. The first-order valence-corrected chi connectivity index (χ1v) is 4.07. The summed E-state index contributed by atoms with van der Waals surface area (Å²) in [7, 11) is 0.306. The second-order valence-corrected chi connectivity index (χ2v) is 1.82. The number of carboxylic acid groups (broad SMARTS) is 1. The van der Waals surface area contributed by atoms with E-state index in [1.54, 1.807) is 12.1 Å². The van der Waals surface area contributed by atoms with Crippen LogP contribution in [0.1, 0.15) is 10.4 Å². The van der Waals surface area contributed by atoms with Crippen LogP contribution in [0.4, 0.5) is 0 Å². The van der Waals surface area contributed by atoms with Gasteiger partial charge in [-0.05, 0) is 12.1 Å². The van der Waals surface area contributed by atoms with Crippen LogP contribution in [-0.2, 0) is 0 Å². The minimum Gasteiger partial charge on any atom is -0.507 e. The molecule has 0 unspecified atom stereocenters. The van der Waals surface area contributed by atoms with Gasteiger partial charge in [0.1, 0.15) is 21.8 Å². The van der Waals surface area contributed by atoms with Crippen molar-refractivity contribution >= 4 is 16.5 Å². The zero-order valence-corrected chi connectivity index (χ0v) is 8.56. The third kappa shape index (κ3) is 2.73. The molecule has 1 rings (SSSR count). The average Bonchev–Trinajstić information content (AvgIpc) is 2.08. The number of aromatic hydroxyl groups is 1. The molecular formula is C7H10O4Si. The SMILES string of the molecule is O=C(O)c1ccccc1O.O[SiH3]. The van der Waals surface area contributed by atoms with Gasteiger partial charge in [-0.15, -0.1) is 0 Å². The molecule has 12 heavy (non-hydrogen) atoms. The molecule has 0 saturated carbocycles. The standard InChI is InChI=1S/C7H6O3.H4OSi/c8-6-4-2-1-3-5(6)7(9)10;1-2/h1-4,8H,(H,9,10);1H,2H3. The zero-order valence-electron chi connectivity index (χ0n) is 6.56. The van der Waals surface area contributed by atoms with Crippen molar-refractivity contribution in [1.29, 1.82) is 0 Å². The molecule has 1 aromatic rings. The van der Waals surface area contributed by atoms with Gasteiger partial charge in [0.25, 0.3) is 0 Å². The first-order chi connectivity index (χ1) is 5.72. The summed E-state index contributed by atoms with van der Waals surface area (Å²) in [5.74, 6) is -1.31. The molecule has 4 nitrogen and oxygen atoms in total. The molecular weight excluding hydrogens is 176 g/mol. The van der Waals surface area contributed by atoms with Crippen LogP contribution >= 0.6 is 0 Å². The molecule has 3 N–H and O–H groups in total. The summed E-state index contributed by atoms with van der Waals surface area (Å²) in [5, 5.41) is 17.3. The van der Waals surface area contributed by atoms with E-state index in [9.17, 15) is 4.79 Å². The van der Waals surface area contributed by atoms with Crippen molar-refractivity contribution in [2.24, 2.45) is 0 Å². The maximum Gasteiger partial charge on any atom is 0.339 e. The Kier molecular flexibility index (Phi) is 4.74. The monoisotopic (exact) mass is 186 g/mol. The van der Waals surface area contributed by atoms with Gasteiger partial charge >= 0.3 is 5.97 Å². The molecule has 0 aliphatic heterocycles. The highest BCUT2D eigenvalue weighted by Crippen LogP contribution is 2.14. The molecule has 0 aliphatic carbocycles. The van der Waals surface area contributed by atoms with Crippen LogP contribution in [0.5, 0.6) is 5.75 Å². The summed E-state index contributed by atoms with van der Waals surface area (Å²) in [6, 6.07) is 5.81. The van der Waals surface area contributed by atoms with Crippen LogP contribution in [0.3, 0.4) is 0 Å². The Labute approximate surface area is 72.6 Å². The molecule has 0 bridgehead atoms. The Hall–Kier alpha value is -1.33. The third-order valence-corrected chi connectivity index (χ3v) is 1.13. The second kappa shape index (κ2) is 5.33. The van der Waals surface area contributed by atoms with E-state index in [2.05, 4.69) is 0 Å². The Morgan fingerprint density at radius 1 is 1.25 bits per heavy atom. The van der Waals surface area contributed by atoms with Crippen LogP contribution in [0.2, 0.25) is 0 Å². The number of aromatic carboxylic acids is 1. The van der Waals surface area contributed by atoms with Gasteiger partial charge in [0.2, 0.25) is 0 Å². The topological polar surface area (TPSA) is 77.8 Å². The molecule has 0 atom stereocenters. The zero-order chi connectivity index (χ0) is 9.56. The predicted molar refractivity (Wildman–Crippen MR) is 47.2 cm³/mol. The van der Waals surface area contributed by atoms with Gasteiger partial charge in [-0.1, -0.05) is 12.1 Å². The Morgan fingerprint density at radius 3 is 2.08 bits per heavy atom. The van der Waals surface area contributed by atoms with Crippen molar-refractivity contribution in [1.82, 2.24) is 0 Å². The van der Waals surface area contributed by atoms with Gasteiger partial charge in [-0.2, -0.15) is 0 Å². The largest absolute Gasteiger partial charge is 0.507 e. The number of hydrogen-bond acceptors (Lipinski definition) is 3. The minimum absolute atomic E-state index is 0.0671. The lowest BCUT2D eigenvalue weighted by molar-refractivity contribution is 0.0694. The first-order valence-electron chi connectivity index (χ1n) is 3.18. The first kappa shape index (κ1) is 10.7. The summed E-state index contributed by atoms with van der Waals surface area (Å²) in [4.78, 5) is 17.4. The lowest BCUT2D eigenvalue weighted by Gasteiger charge is -1.95. The van der Waals surface area contributed by atoms with Crippen molar-refractivity contribution in [3.63, 3.8) is 0 Å². The molecule has 0 radical (unpaired) electrons. The number of para-hydroxylation sites is 1. The molecule has 66 valence electrons. The number of hydrogen-bond donors (Lipinski definition) is 3. The lowest BCUT2D eigenvalue weighted by Crippen LogP contribution is -1.95. The molecule has 0 aliphatic rings. The van der Waals surface area contributed by atoms with Gasteiger partial charge in [0.05, 0.1) is 0 Å². The fourth-order valence-electron chi connectivity index (χ4n) is 0.654. The molecule has 0 amide bonds. The molecule has 1 aromatic carbocycles. The quantitative estimate of drug-likeness (QED) is 0.509. The van der Waals surface area contributed by atoms with E-state index in [0.29, 0.717) is 10.5 Å². The van der Waals surface area contributed by atoms with E-state index in [1.807, 2.05) is 0 Å². The van der Waals surface area contributed by atoms with Gasteiger partial charge < -0.3 is 15.0 Å². The molecule has 0 spiro atoms. The highest BCUT2D eigenvalue weighted by atomic mass is 28.2. The maximum atomic E-state index is 10.3. The van der Waals surface area contributed by atoms with Gasteiger partial charge in [-0.25, -0.2) is 4.79 Å². The summed E-state index contributed by atoms with van der Waals surface area (Å²) in [6.07, 6.45) is 0. The van der Waals surface area contributed by atoms with E-state index < -0.39 is 5.97 Å². The molecule has 0 fully saturated rings. The number of rotatable bonds is 1. The van der Waals surface area contributed by atoms with Crippen LogP contribution in [0.15, 0.2) is 24.3 Å². The van der Waals surface area contributed by atoms with Crippen LogP contribution in [0.25, 0.3) is 0 Å². The fraction of sp³-hybridized carbons (Fsp3) is 0. The maximum absolute atomic E-state index is 10.3. The van der Waals surface area contributed by atoms with Gasteiger partial charge in [0, 0.05) is 0 Å². The summed E-state index contributed by atoms with van der Waals surface area (Å²) in [6.45, 7) is 0. The highest BCUT2D eigenvalue weighted by Gasteiger charge is 2.05. The summed E-state index contributed by atoms with van der Waals surface area (Å²) in [5.41, 5.74) is -0.0671. The van der Waals surface area contributed by atoms with Gasteiger partial charge in [0.15, 0.2) is 0 Å². The van der Waals surface area contributed by atoms with E-state index in [0.717, 1.165) is 0 Å². The van der Waals surface area contributed by atoms with Crippen molar-refractivity contribution in [3.8, 4) is 5.75 Å². The van der Waals surface area contributed by atoms with Gasteiger partial charge in [-0.3, -0.25) is 0 Å². The fourth-order valence-corrected chi connectivity index (χ4v) is 0.654. The average molecular weight is 186 g/mol. The Balaban J connectivity index is 0.000000561. The van der Waals surface area contributed by atoms with Crippen molar-refractivity contribution in [3.05, 3.63) is 29.8 Å². The number of benzene rings is 1. The summed E-state index contributed by atoms with van der Waals surface area (Å²) >= 11 is 0. The van der Waals surface area contributed by atoms with Crippen molar-refractivity contribution in [2.45, 2.75) is 0 Å². The van der Waals surface area contributed by atoms with E-state index >= 15 is 0 Å². The molecule has 0 aromatic heterocycles. The molecule has 5 heteroatoms. The van der Waals surface area contributed by atoms with Crippen molar-refractivity contribution in [2.75, 3.05) is 0 Å². The van der Waals surface area contributed by atoms with Crippen molar-refractivity contribution < 1.29 is 19.8 Å². The highest BCUT2D eigenvalue weighted by molar-refractivity contribution is 5.95. The van der Waals surface area contributed by atoms with Crippen LogP contribution in [-0.4, -0.2) is 31.5 Å². The Morgan fingerprint density at radius 2 is 1.75 bits per heavy atom. The number of carbonyl (C=O) groups is 1. The van der Waals surface area contributed by atoms with Crippen LogP contribution in [0, 0.1) is 0 Å². The predicted octanol–water partition coefficient (Wildman–Crippen LogP) is -0.651. The van der Waals surface area contributed by atoms with E-state index in [4.69, 9.17) is 15.0 Å². The smallest absolute Gasteiger partial charge is 0.339 e. The van der Waals surface area contributed by atoms with E-state index in [-0.39, 0.29) is 11.3 Å². The summed E-state index contributed by atoms with van der Waals surface area (Å²) < 4.78 is 0. The molecule has 0 heterocycles. The van der Waals surface area contributed by atoms with E-state index in [1.165, 1.54) is 12.1 Å². The normalized spacial score (nSPS) is 8.42.